The Kier molecular flexibility index (Phi) is 5.53. The first-order chi connectivity index (χ1) is 13.3. The van der Waals surface area contributed by atoms with E-state index < -0.39 is 23.3 Å². The molecule has 0 bridgehead atoms. The van der Waals surface area contributed by atoms with Crippen LogP contribution < -0.4 is 5.32 Å². The van der Waals surface area contributed by atoms with E-state index in [1.54, 1.807) is 18.2 Å². The van der Waals surface area contributed by atoms with Crippen molar-refractivity contribution in [2.75, 3.05) is 6.54 Å². The molecule has 0 atom stereocenters. The average molecular weight is 387 g/mol. The molecule has 3 rings (SSSR count). The van der Waals surface area contributed by atoms with E-state index in [9.17, 15) is 18.0 Å². The fraction of sp³-hybridized carbons (Fsp3) is 0.238. The number of rotatable bonds is 5. The van der Waals surface area contributed by atoms with Crippen LogP contribution in [-0.2, 0) is 12.6 Å². The third-order valence-electron chi connectivity index (χ3n) is 4.46. The number of benzene rings is 2. The molecule has 0 fully saturated rings. The lowest BCUT2D eigenvalue weighted by Crippen LogP contribution is -2.28. The van der Waals surface area contributed by atoms with Crippen molar-refractivity contribution in [3.63, 3.8) is 0 Å². The van der Waals surface area contributed by atoms with Gasteiger partial charge in [-0.2, -0.15) is 18.3 Å². The zero-order chi connectivity index (χ0) is 20.3. The zero-order valence-electron chi connectivity index (χ0n) is 15.5. The fourth-order valence-corrected chi connectivity index (χ4v) is 3.08. The Balaban J connectivity index is 1.79. The molecule has 0 aliphatic carbocycles. The third-order valence-corrected chi connectivity index (χ3v) is 4.46. The third kappa shape index (κ3) is 4.24. The van der Waals surface area contributed by atoms with Crippen molar-refractivity contribution in [3.8, 4) is 5.69 Å². The van der Waals surface area contributed by atoms with Crippen LogP contribution >= 0.6 is 0 Å². The highest BCUT2D eigenvalue weighted by Crippen LogP contribution is 2.33. The van der Waals surface area contributed by atoms with E-state index in [0.29, 0.717) is 6.42 Å². The van der Waals surface area contributed by atoms with Crippen molar-refractivity contribution >= 4 is 5.91 Å². The number of carbonyl (C=O) groups excluding carboxylic acids is 1. The van der Waals surface area contributed by atoms with Crippen LogP contribution in [0.3, 0.4) is 0 Å². The molecular weight excluding hydrogens is 367 g/mol. The molecule has 146 valence electrons. The highest BCUT2D eigenvalue weighted by molar-refractivity contribution is 5.95. The Morgan fingerprint density at radius 3 is 2.46 bits per heavy atom. The van der Waals surface area contributed by atoms with Gasteiger partial charge in [0.05, 0.1) is 17.4 Å². The van der Waals surface area contributed by atoms with Gasteiger partial charge in [-0.05, 0) is 43.5 Å². The Bertz CT molecular complexity index is 978. The minimum atomic E-state index is -4.72. The molecule has 1 aromatic heterocycles. The molecule has 1 amide bonds. The predicted molar refractivity (Wildman–Crippen MR) is 101 cm³/mol. The maximum absolute atomic E-state index is 13.6. The average Bonchev–Trinajstić information content (AvgIpc) is 3.10. The molecule has 0 spiro atoms. The van der Waals surface area contributed by atoms with Crippen molar-refractivity contribution in [2.24, 2.45) is 0 Å². The number of alkyl halides is 3. The Morgan fingerprint density at radius 2 is 1.82 bits per heavy atom. The zero-order valence-corrected chi connectivity index (χ0v) is 15.5. The molecule has 0 saturated heterocycles. The first kappa shape index (κ1) is 19.7. The van der Waals surface area contributed by atoms with Gasteiger partial charge in [-0.3, -0.25) is 4.79 Å². The van der Waals surface area contributed by atoms with Crippen molar-refractivity contribution in [1.82, 2.24) is 15.1 Å². The van der Waals surface area contributed by atoms with Crippen LogP contribution in [0.2, 0.25) is 0 Å². The summed E-state index contributed by atoms with van der Waals surface area (Å²) in [5.41, 5.74) is 1.93. The molecule has 7 heteroatoms. The van der Waals surface area contributed by atoms with Crippen LogP contribution in [0, 0.1) is 13.8 Å². The topological polar surface area (TPSA) is 46.9 Å². The van der Waals surface area contributed by atoms with E-state index >= 15 is 0 Å². The Labute approximate surface area is 161 Å². The number of nitrogens with zero attached hydrogens (tertiary/aromatic N) is 2. The lowest BCUT2D eigenvalue weighted by atomic mass is 10.0. The molecule has 3 aromatic rings. The molecule has 0 radical (unpaired) electrons. The monoisotopic (exact) mass is 387 g/mol. The second-order valence-corrected chi connectivity index (χ2v) is 6.59. The van der Waals surface area contributed by atoms with Crippen molar-refractivity contribution < 1.29 is 18.0 Å². The maximum atomic E-state index is 13.6. The Morgan fingerprint density at radius 1 is 1.11 bits per heavy atom. The van der Waals surface area contributed by atoms with Gasteiger partial charge in [-0.25, -0.2) is 4.68 Å². The molecule has 28 heavy (non-hydrogen) atoms. The van der Waals surface area contributed by atoms with Crippen LogP contribution in [0.1, 0.15) is 32.7 Å². The summed E-state index contributed by atoms with van der Waals surface area (Å²) in [6.07, 6.45) is -3.22. The molecule has 2 aromatic carbocycles. The van der Waals surface area contributed by atoms with Crippen molar-refractivity contribution in [1.29, 1.82) is 0 Å². The van der Waals surface area contributed by atoms with Crippen LogP contribution in [0.4, 0.5) is 13.2 Å². The summed E-state index contributed by atoms with van der Waals surface area (Å²) in [7, 11) is 0. The van der Waals surface area contributed by atoms with Gasteiger partial charge in [0.25, 0.3) is 5.91 Å². The predicted octanol–water partition coefficient (Wildman–Crippen LogP) is 4.48. The standard InChI is InChI=1S/C21H20F3N3O/c1-14-8-9-16(15(2)12-14)10-11-25-20(28)18-13-26-27(19(18)21(22,23)24)17-6-4-3-5-7-17/h3-9,12-13H,10-11H2,1-2H3,(H,25,28). The van der Waals surface area contributed by atoms with Gasteiger partial charge in [0.2, 0.25) is 0 Å². The van der Waals surface area contributed by atoms with Gasteiger partial charge < -0.3 is 5.32 Å². The van der Waals surface area contributed by atoms with Gasteiger partial charge in [-0.1, -0.05) is 42.0 Å². The van der Waals surface area contributed by atoms with Gasteiger partial charge >= 0.3 is 6.18 Å². The normalized spacial score (nSPS) is 11.5. The number of hydrogen-bond acceptors (Lipinski definition) is 2. The summed E-state index contributed by atoms with van der Waals surface area (Å²) in [5.74, 6) is -0.792. The van der Waals surface area contributed by atoms with E-state index in [-0.39, 0.29) is 12.2 Å². The number of para-hydroxylation sites is 1. The number of nitrogens with one attached hydrogen (secondary N) is 1. The number of hydrogen-bond donors (Lipinski definition) is 1. The van der Waals surface area contributed by atoms with Gasteiger partial charge in [-0.15, -0.1) is 0 Å². The second kappa shape index (κ2) is 7.88. The number of amides is 1. The lowest BCUT2D eigenvalue weighted by Gasteiger charge is -2.13. The van der Waals surface area contributed by atoms with Crippen LogP contribution in [-0.4, -0.2) is 22.2 Å². The van der Waals surface area contributed by atoms with Gasteiger partial charge in [0.15, 0.2) is 5.69 Å². The second-order valence-electron chi connectivity index (χ2n) is 6.59. The maximum Gasteiger partial charge on any atom is 0.434 e. The molecule has 4 nitrogen and oxygen atoms in total. The molecule has 0 unspecified atom stereocenters. The molecule has 0 aliphatic rings. The summed E-state index contributed by atoms with van der Waals surface area (Å²) in [6.45, 7) is 4.19. The van der Waals surface area contributed by atoms with Gasteiger partial charge in [0.1, 0.15) is 0 Å². The SMILES string of the molecule is Cc1ccc(CCNC(=O)c2cnn(-c3ccccc3)c2C(F)(F)F)c(C)c1. The Hall–Kier alpha value is -3.09. The largest absolute Gasteiger partial charge is 0.434 e. The van der Waals surface area contributed by atoms with Crippen LogP contribution in [0.5, 0.6) is 0 Å². The lowest BCUT2D eigenvalue weighted by molar-refractivity contribution is -0.143. The fourth-order valence-electron chi connectivity index (χ4n) is 3.08. The first-order valence-corrected chi connectivity index (χ1v) is 8.82. The van der Waals surface area contributed by atoms with Crippen molar-refractivity contribution in [2.45, 2.75) is 26.4 Å². The van der Waals surface area contributed by atoms with E-state index in [2.05, 4.69) is 10.4 Å². The molecule has 1 heterocycles. The summed E-state index contributed by atoms with van der Waals surface area (Å²) in [6, 6.07) is 13.9. The first-order valence-electron chi connectivity index (χ1n) is 8.82. The number of halogens is 3. The summed E-state index contributed by atoms with van der Waals surface area (Å²) >= 11 is 0. The smallest absolute Gasteiger partial charge is 0.352 e. The minimum absolute atomic E-state index is 0.233. The minimum Gasteiger partial charge on any atom is -0.352 e. The van der Waals surface area contributed by atoms with E-state index in [4.69, 9.17) is 0 Å². The number of aryl methyl sites for hydroxylation is 2. The van der Waals surface area contributed by atoms with Crippen LogP contribution in [0.25, 0.3) is 5.69 Å². The molecule has 1 N–H and O–H groups in total. The molecular formula is C21H20F3N3O. The van der Waals surface area contributed by atoms with Gasteiger partial charge in [0, 0.05) is 6.54 Å². The van der Waals surface area contributed by atoms with Crippen molar-refractivity contribution in [3.05, 3.63) is 82.7 Å². The number of aromatic nitrogens is 2. The molecule has 0 aliphatic heterocycles. The highest BCUT2D eigenvalue weighted by atomic mass is 19.4. The summed E-state index contributed by atoms with van der Waals surface area (Å²) in [5, 5.41) is 6.37. The quantitative estimate of drug-likeness (QED) is 0.702. The number of carbonyl (C=O) groups is 1. The van der Waals surface area contributed by atoms with E-state index in [1.165, 1.54) is 12.1 Å². The summed E-state index contributed by atoms with van der Waals surface area (Å²) in [4.78, 5) is 12.4. The van der Waals surface area contributed by atoms with Crippen LogP contribution in [0.15, 0.2) is 54.7 Å². The van der Waals surface area contributed by atoms with E-state index in [0.717, 1.165) is 27.6 Å². The molecule has 0 saturated carbocycles. The highest BCUT2D eigenvalue weighted by Gasteiger charge is 2.40. The summed E-state index contributed by atoms with van der Waals surface area (Å²) < 4.78 is 41.6. The van der Waals surface area contributed by atoms with E-state index in [1.807, 2.05) is 32.0 Å².